The van der Waals surface area contributed by atoms with Crippen molar-refractivity contribution in [3.8, 4) is 0 Å². The van der Waals surface area contributed by atoms with E-state index in [1.165, 1.54) is 24.4 Å². The number of hydrogen-bond acceptors (Lipinski definition) is 4. The van der Waals surface area contributed by atoms with Crippen LogP contribution in [0.1, 0.15) is 19.9 Å². The maximum Gasteiger partial charge on any atom is 0.264 e. The van der Waals surface area contributed by atoms with Gasteiger partial charge in [-0.1, -0.05) is 12.1 Å². The zero-order valence-electron chi connectivity index (χ0n) is 12.6. The molecule has 3 aromatic rings. The van der Waals surface area contributed by atoms with Crippen molar-refractivity contribution >= 4 is 26.7 Å². The van der Waals surface area contributed by atoms with Crippen LogP contribution in [-0.4, -0.2) is 23.2 Å². The van der Waals surface area contributed by atoms with Gasteiger partial charge in [0.25, 0.3) is 10.0 Å². The average molecular weight is 334 g/mol. The molecule has 2 aromatic heterocycles. The van der Waals surface area contributed by atoms with Gasteiger partial charge in [0.1, 0.15) is 10.7 Å². The third kappa shape index (κ3) is 2.89. The van der Waals surface area contributed by atoms with E-state index in [1.54, 1.807) is 16.9 Å². The smallest absolute Gasteiger partial charge is 0.264 e. The van der Waals surface area contributed by atoms with Crippen LogP contribution in [-0.2, 0) is 10.0 Å². The first-order valence-corrected chi connectivity index (χ1v) is 8.47. The Bertz CT molecular complexity index is 967. The summed E-state index contributed by atoms with van der Waals surface area (Å²) in [7, 11) is -4.01. The highest BCUT2D eigenvalue weighted by atomic mass is 32.2. The third-order valence-corrected chi connectivity index (χ3v) is 4.72. The fraction of sp³-hybridized carbons (Fsp3) is 0.200. The molecule has 0 radical (unpaired) electrons. The van der Waals surface area contributed by atoms with Crippen LogP contribution in [0.5, 0.6) is 0 Å². The Morgan fingerprint density at radius 3 is 2.65 bits per heavy atom. The third-order valence-electron chi connectivity index (χ3n) is 3.30. The number of fused-ring (bicyclic) bond motifs is 1. The number of nitrogens with zero attached hydrogens (tertiary/aromatic N) is 3. The number of benzene rings is 1. The van der Waals surface area contributed by atoms with E-state index >= 15 is 0 Å². The summed E-state index contributed by atoms with van der Waals surface area (Å²) in [5, 5.41) is 4.92. The standard InChI is InChI=1S/C15H15FN4O2S/c1-10(2)20-15-11(8-18-20)7-12(9-17-15)19-23(21,22)14-6-4-3-5-13(14)16/h3-10,19H,1-2H3. The second kappa shape index (κ2) is 5.62. The summed E-state index contributed by atoms with van der Waals surface area (Å²) >= 11 is 0. The molecule has 8 heteroatoms. The van der Waals surface area contributed by atoms with E-state index in [-0.39, 0.29) is 11.7 Å². The van der Waals surface area contributed by atoms with Crippen LogP contribution in [0.2, 0.25) is 0 Å². The highest BCUT2D eigenvalue weighted by Gasteiger charge is 2.19. The van der Waals surface area contributed by atoms with Crippen molar-refractivity contribution in [3.05, 3.63) is 48.5 Å². The van der Waals surface area contributed by atoms with Crippen molar-refractivity contribution < 1.29 is 12.8 Å². The molecule has 3 rings (SSSR count). The Morgan fingerprint density at radius 1 is 1.22 bits per heavy atom. The first-order chi connectivity index (χ1) is 10.9. The Labute approximate surface area is 133 Å². The lowest BCUT2D eigenvalue weighted by Gasteiger charge is -2.09. The van der Waals surface area contributed by atoms with Crippen molar-refractivity contribution in [2.75, 3.05) is 4.72 Å². The number of rotatable bonds is 4. The summed E-state index contributed by atoms with van der Waals surface area (Å²) in [6.45, 7) is 3.95. The predicted octanol–water partition coefficient (Wildman–Crippen LogP) is 2.95. The van der Waals surface area contributed by atoms with Crippen LogP contribution in [0.25, 0.3) is 11.0 Å². The minimum atomic E-state index is -4.01. The van der Waals surface area contributed by atoms with Gasteiger partial charge in [0.05, 0.1) is 18.1 Å². The van der Waals surface area contributed by atoms with Gasteiger partial charge in [0, 0.05) is 11.4 Å². The topological polar surface area (TPSA) is 76.9 Å². The Kier molecular flexibility index (Phi) is 3.77. The van der Waals surface area contributed by atoms with E-state index in [4.69, 9.17) is 0 Å². The lowest BCUT2D eigenvalue weighted by Crippen LogP contribution is -2.14. The molecule has 120 valence electrons. The van der Waals surface area contributed by atoms with Gasteiger partial charge in [-0.2, -0.15) is 5.10 Å². The van der Waals surface area contributed by atoms with Crippen molar-refractivity contribution in [1.82, 2.24) is 14.8 Å². The number of nitrogens with one attached hydrogen (secondary N) is 1. The van der Waals surface area contributed by atoms with Gasteiger partial charge in [0.15, 0.2) is 5.65 Å². The molecule has 0 spiro atoms. The van der Waals surface area contributed by atoms with Gasteiger partial charge in [-0.25, -0.2) is 22.5 Å². The van der Waals surface area contributed by atoms with E-state index in [2.05, 4.69) is 14.8 Å². The largest absolute Gasteiger partial charge is 0.278 e. The van der Waals surface area contributed by atoms with Crippen LogP contribution < -0.4 is 4.72 Å². The van der Waals surface area contributed by atoms with Gasteiger partial charge in [-0.05, 0) is 32.0 Å². The lowest BCUT2D eigenvalue weighted by molar-refractivity contribution is 0.546. The fourth-order valence-corrected chi connectivity index (χ4v) is 3.36. The molecule has 0 bridgehead atoms. The molecule has 0 aliphatic rings. The summed E-state index contributed by atoms with van der Waals surface area (Å²) < 4.78 is 42.3. The molecule has 0 unspecified atom stereocenters. The minimum Gasteiger partial charge on any atom is -0.278 e. The molecule has 1 aromatic carbocycles. The van der Waals surface area contributed by atoms with Crippen LogP contribution in [0.3, 0.4) is 0 Å². The number of sulfonamides is 1. The van der Waals surface area contributed by atoms with E-state index < -0.39 is 20.7 Å². The summed E-state index contributed by atoms with van der Waals surface area (Å²) in [5.74, 6) is -0.804. The van der Waals surface area contributed by atoms with Crippen LogP contribution in [0.15, 0.2) is 47.6 Å². The summed E-state index contributed by atoms with van der Waals surface area (Å²) in [6, 6.07) is 6.96. The second-order valence-electron chi connectivity index (χ2n) is 5.36. The normalized spacial score (nSPS) is 12.0. The molecule has 6 nitrogen and oxygen atoms in total. The number of halogens is 1. The summed E-state index contributed by atoms with van der Waals surface area (Å²) in [6.07, 6.45) is 3.00. The van der Waals surface area contributed by atoms with Crippen LogP contribution >= 0.6 is 0 Å². The molecule has 0 saturated heterocycles. The van der Waals surface area contributed by atoms with Crippen LogP contribution in [0.4, 0.5) is 10.1 Å². The van der Waals surface area contributed by atoms with Gasteiger partial charge in [-0.3, -0.25) is 4.72 Å². The quantitative estimate of drug-likeness (QED) is 0.796. The molecule has 0 fully saturated rings. The maximum absolute atomic E-state index is 13.7. The van der Waals surface area contributed by atoms with Gasteiger partial charge >= 0.3 is 0 Å². The van der Waals surface area contributed by atoms with Gasteiger partial charge in [0.2, 0.25) is 0 Å². The van der Waals surface area contributed by atoms with Gasteiger partial charge in [-0.15, -0.1) is 0 Å². The van der Waals surface area contributed by atoms with E-state index in [1.807, 2.05) is 13.8 Å². The fourth-order valence-electron chi connectivity index (χ4n) is 2.25. The Balaban J connectivity index is 1.97. The molecular weight excluding hydrogens is 319 g/mol. The van der Waals surface area contributed by atoms with Crippen LogP contribution in [0, 0.1) is 5.82 Å². The number of pyridine rings is 1. The predicted molar refractivity (Wildman–Crippen MR) is 85.1 cm³/mol. The molecule has 0 saturated carbocycles. The summed E-state index contributed by atoms with van der Waals surface area (Å²) in [5.41, 5.74) is 0.915. The SMILES string of the molecule is CC(C)n1ncc2cc(NS(=O)(=O)c3ccccc3F)cnc21. The Hall–Kier alpha value is -2.48. The van der Waals surface area contributed by atoms with E-state index in [0.717, 1.165) is 6.07 Å². The van der Waals surface area contributed by atoms with Crippen molar-refractivity contribution in [3.63, 3.8) is 0 Å². The zero-order chi connectivity index (χ0) is 16.6. The molecule has 0 atom stereocenters. The molecule has 0 aliphatic carbocycles. The first-order valence-electron chi connectivity index (χ1n) is 6.99. The van der Waals surface area contributed by atoms with E-state index in [0.29, 0.717) is 11.0 Å². The second-order valence-corrected chi connectivity index (χ2v) is 7.01. The monoisotopic (exact) mass is 334 g/mol. The maximum atomic E-state index is 13.7. The minimum absolute atomic E-state index is 0.140. The average Bonchev–Trinajstić information content (AvgIpc) is 2.90. The molecule has 2 heterocycles. The van der Waals surface area contributed by atoms with Crippen molar-refractivity contribution in [2.24, 2.45) is 0 Å². The molecule has 0 amide bonds. The van der Waals surface area contributed by atoms with Crippen molar-refractivity contribution in [2.45, 2.75) is 24.8 Å². The van der Waals surface area contributed by atoms with Gasteiger partial charge < -0.3 is 0 Å². The highest BCUT2D eigenvalue weighted by molar-refractivity contribution is 7.92. The molecule has 0 aliphatic heterocycles. The Morgan fingerprint density at radius 2 is 1.96 bits per heavy atom. The number of hydrogen-bond donors (Lipinski definition) is 1. The van der Waals surface area contributed by atoms with Crippen molar-refractivity contribution in [1.29, 1.82) is 0 Å². The number of anilines is 1. The number of aromatic nitrogens is 3. The van der Waals surface area contributed by atoms with E-state index in [9.17, 15) is 12.8 Å². The lowest BCUT2D eigenvalue weighted by atomic mass is 10.3. The molecule has 1 N–H and O–H groups in total. The summed E-state index contributed by atoms with van der Waals surface area (Å²) in [4.78, 5) is 3.84. The first kappa shape index (κ1) is 15.4. The molecule has 23 heavy (non-hydrogen) atoms. The highest BCUT2D eigenvalue weighted by Crippen LogP contribution is 2.22. The zero-order valence-corrected chi connectivity index (χ0v) is 13.4. The molecular formula is C15H15FN4O2S.